The summed E-state index contributed by atoms with van der Waals surface area (Å²) in [6.07, 6.45) is 7.88. The third-order valence-electron chi connectivity index (χ3n) is 13.9. The van der Waals surface area contributed by atoms with Gasteiger partial charge < -0.3 is 24.2 Å². The second-order valence-corrected chi connectivity index (χ2v) is 20.1. The first-order valence-corrected chi connectivity index (χ1v) is 24.8. The zero-order chi connectivity index (χ0) is 44.3. The van der Waals surface area contributed by atoms with Crippen LogP contribution in [0, 0.1) is 0 Å². The van der Waals surface area contributed by atoms with Crippen LogP contribution < -0.4 is 19.7 Å². The lowest BCUT2D eigenvalue weighted by atomic mass is 9.86. The summed E-state index contributed by atoms with van der Waals surface area (Å²) in [6, 6.07) is 18.5. The van der Waals surface area contributed by atoms with Gasteiger partial charge >= 0.3 is 0 Å². The van der Waals surface area contributed by atoms with Gasteiger partial charge in [0.15, 0.2) is 11.5 Å². The van der Waals surface area contributed by atoms with E-state index >= 15 is 0 Å². The molecule has 3 aromatic carbocycles. The van der Waals surface area contributed by atoms with Crippen LogP contribution in [0.1, 0.15) is 107 Å². The number of benzene rings is 3. The van der Waals surface area contributed by atoms with Crippen molar-refractivity contribution in [3.63, 3.8) is 0 Å². The van der Waals surface area contributed by atoms with Gasteiger partial charge in [-0.1, -0.05) is 30.3 Å². The standard InChI is InChI=1S/C48H62N6O8S/c1-4-62-44-30-36(10-14-43(44)61-2)42(32-63(3,59)60)54-47(57)40-12-11-38(31-41(40)48(54)58)53-28-26-52(27-29-53)37-18-24-51(25-19-37)21-5-20-50-22-16-34(17-23-50)33-6-8-35(9-7-33)39-13-15-45(55)49-46(39)56/h6-12,14,30-31,34,37,39,42H,4-5,13,15-29,32H2,1-3H3,(H,49,55,56)/t39?,42-/m1/s1. The van der Waals surface area contributed by atoms with Crippen LogP contribution in [-0.4, -0.2) is 149 Å². The normalized spacial score (nSPS) is 21.7. The fourth-order valence-electron chi connectivity index (χ4n) is 10.4. The molecule has 0 bridgehead atoms. The molecule has 0 aromatic heterocycles. The van der Waals surface area contributed by atoms with Gasteiger partial charge in [-0.25, -0.2) is 8.42 Å². The minimum Gasteiger partial charge on any atom is -0.493 e. The molecule has 1 N–H and O–H groups in total. The molecule has 4 amide bonds. The van der Waals surface area contributed by atoms with Crippen molar-refractivity contribution in [2.75, 3.05) is 96.1 Å². The Morgan fingerprint density at radius 3 is 2.02 bits per heavy atom. The molecule has 0 saturated carbocycles. The average Bonchev–Trinajstić information content (AvgIpc) is 3.53. The number of piperidine rings is 3. The predicted octanol–water partition coefficient (Wildman–Crippen LogP) is 4.85. The smallest absolute Gasteiger partial charge is 0.262 e. The molecule has 338 valence electrons. The van der Waals surface area contributed by atoms with Crippen molar-refractivity contribution in [1.82, 2.24) is 24.9 Å². The molecule has 4 fully saturated rings. The summed E-state index contributed by atoms with van der Waals surface area (Å²) in [4.78, 5) is 62.9. The van der Waals surface area contributed by atoms with Crippen LogP contribution in [0.2, 0.25) is 0 Å². The van der Waals surface area contributed by atoms with E-state index in [9.17, 15) is 27.6 Å². The van der Waals surface area contributed by atoms with Crippen molar-refractivity contribution in [2.24, 2.45) is 0 Å². The number of methoxy groups -OCH3 is 1. The molecule has 8 rings (SSSR count). The topological polar surface area (TPSA) is 149 Å². The van der Waals surface area contributed by atoms with Gasteiger partial charge in [0.1, 0.15) is 9.84 Å². The fourth-order valence-corrected chi connectivity index (χ4v) is 11.3. The summed E-state index contributed by atoms with van der Waals surface area (Å²) in [5.74, 6) is -0.578. The summed E-state index contributed by atoms with van der Waals surface area (Å²) >= 11 is 0. The molecule has 1 unspecified atom stereocenters. The molecule has 15 heteroatoms. The molecule has 3 aromatic rings. The number of imide groups is 2. The summed E-state index contributed by atoms with van der Waals surface area (Å²) in [6.45, 7) is 12.4. The molecule has 0 spiro atoms. The first-order chi connectivity index (χ1) is 30.4. The largest absolute Gasteiger partial charge is 0.493 e. The number of nitrogens with zero attached hydrogens (tertiary/aromatic N) is 5. The number of anilines is 1. The Morgan fingerprint density at radius 2 is 1.38 bits per heavy atom. The minimum atomic E-state index is -3.60. The van der Waals surface area contributed by atoms with Crippen LogP contribution in [0.25, 0.3) is 0 Å². The number of rotatable bonds is 15. The Morgan fingerprint density at radius 1 is 0.730 bits per heavy atom. The van der Waals surface area contributed by atoms with Crippen LogP contribution in [0.5, 0.6) is 11.5 Å². The lowest BCUT2D eigenvalue weighted by molar-refractivity contribution is -0.134. The zero-order valence-electron chi connectivity index (χ0n) is 36.9. The van der Waals surface area contributed by atoms with Crippen LogP contribution >= 0.6 is 0 Å². The number of carbonyl (C=O) groups is 4. The number of hydrogen-bond acceptors (Lipinski definition) is 12. The Labute approximate surface area is 371 Å². The molecular weight excluding hydrogens is 821 g/mol. The minimum absolute atomic E-state index is 0.176. The van der Waals surface area contributed by atoms with Gasteiger partial charge in [-0.3, -0.25) is 34.3 Å². The van der Waals surface area contributed by atoms with Gasteiger partial charge in [0.25, 0.3) is 11.8 Å². The molecule has 14 nitrogen and oxygen atoms in total. The fraction of sp³-hybridized carbons (Fsp3) is 0.542. The molecule has 4 saturated heterocycles. The molecule has 0 radical (unpaired) electrons. The maximum absolute atomic E-state index is 14.0. The molecule has 2 atom stereocenters. The third kappa shape index (κ3) is 10.3. The first-order valence-electron chi connectivity index (χ1n) is 22.8. The van der Waals surface area contributed by atoms with Crippen LogP contribution in [0.15, 0.2) is 60.7 Å². The quantitative estimate of drug-likeness (QED) is 0.208. The number of sulfone groups is 1. The van der Waals surface area contributed by atoms with Crippen molar-refractivity contribution in [2.45, 2.75) is 75.8 Å². The summed E-state index contributed by atoms with van der Waals surface area (Å²) in [5.41, 5.74) is 4.29. The number of amides is 4. The van der Waals surface area contributed by atoms with E-state index in [1.165, 1.54) is 19.1 Å². The highest BCUT2D eigenvalue weighted by Gasteiger charge is 2.43. The Bertz CT molecular complexity index is 2260. The molecule has 5 aliphatic heterocycles. The number of fused-ring (bicyclic) bond motifs is 1. The number of carbonyl (C=O) groups excluding carboxylic acids is 4. The Balaban J connectivity index is 0.774. The van der Waals surface area contributed by atoms with Crippen molar-refractivity contribution in [3.8, 4) is 11.5 Å². The maximum Gasteiger partial charge on any atom is 0.262 e. The molecule has 5 aliphatic rings. The molecule has 5 heterocycles. The highest BCUT2D eigenvalue weighted by molar-refractivity contribution is 7.90. The van der Waals surface area contributed by atoms with Crippen LogP contribution in [0.3, 0.4) is 0 Å². The molecule has 63 heavy (non-hydrogen) atoms. The van der Waals surface area contributed by atoms with E-state index in [0.29, 0.717) is 54.0 Å². The van der Waals surface area contributed by atoms with E-state index in [2.05, 4.69) is 49.2 Å². The predicted molar refractivity (Wildman–Crippen MR) is 241 cm³/mol. The van der Waals surface area contributed by atoms with E-state index in [1.807, 2.05) is 13.0 Å². The van der Waals surface area contributed by atoms with E-state index in [-0.39, 0.29) is 23.3 Å². The molecule has 0 aliphatic carbocycles. The van der Waals surface area contributed by atoms with Crippen LogP contribution in [-0.2, 0) is 19.4 Å². The number of hydrogen-bond donors (Lipinski definition) is 1. The summed E-state index contributed by atoms with van der Waals surface area (Å²) < 4.78 is 36.5. The van der Waals surface area contributed by atoms with E-state index in [0.717, 1.165) is 114 Å². The number of nitrogens with one attached hydrogen (secondary N) is 1. The molecular formula is C48H62N6O8S. The monoisotopic (exact) mass is 882 g/mol. The average molecular weight is 883 g/mol. The maximum atomic E-state index is 14.0. The van der Waals surface area contributed by atoms with Crippen molar-refractivity contribution in [1.29, 1.82) is 0 Å². The number of piperazine rings is 1. The van der Waals surface area contributed by atoms with Crippen LogP contribution in [0.4, 0.5) is 5.69 Å². The number of ether oxygens (including phenoxy) is 2. The van der Waals surface area contributed by atoms with E-state index in [1.54, 1.807) is 30.3 Å². The highest BCUT2D eigenvalue weighted by Crippen LogP contribution is 2.38. The van der Waals surface area contributed by atoms with Crippen molar-refractivity contribution in [3.05, 3.63) is 88.5 Å². The van der Waals surface area contributed by atoms with E-state index in [4.69, 9.17) is 9.47 Å². The summed E-state index contributed by atoms with van der Waals surface area (Å²) in [7, 11) is -2.08. The van der Waals surface area contributed by atoms with Gasteiger partial charge in [-0.05, 0) is 138 Å². The Kier molecular flexibility index (Phi) is 13.9. The van der Waals surface area contributed by atoms with Gasteiger partial charge in [-0.2, -0.15) is 0 Å². The SMILES string of the molecule is CCOc1cc([C@@H](CS(C)(=O)=O)N2C(=O)c3ccc(N4CCN(C5CCN(CCCN6CCC(c7ccc(C8CCC(=O)NC8=O)cc7)CC6)CC5)CC4)cc3C2=O)ccc1OC. The first kappa shape index (κ1) is 44.8. The van der Waals surface area contributed by atoms with Gasteiger partial charge in [0.2, 0.25) is 11.8 Å². The highest BCUT2D eigenvalue weighted by atomic mass is 32.2. The lowest BCUT2D eigenvalue weighted by Gasteiger charge is -2.43. The lowest BCUT2D eigenvalue weighted by Crippen LogP contribution is -2.53. The van der Waals surface area contributed by atoms with Crippen molar-refractivity contribution >= 4 is 39.2 Å². The summed E-state index contributed by atoms with van der Waals surface area (Å²) in [5, 5.41) is 2.47. The van der Waals surface area contributed by atoms with E-state index < -0.39 is 33.4 Å². The van der Waals surface area contributed by atoms with Gasteiger partial charge in [0, 0.05) is 50.6 Å². The second kappa shape index (κ2) is 19.5. The zero-order valence-corrected chi connectivity index (χ0v) is 37.7. The second-order valence-electron chi connectivity index (χ2n) is 17.9. The van der Waals surface area contributed by atoms with Gasteiger partial charge in [0.05, 0.1) is 42.6 Å². The third-order valence-corrected chi connectivity index (χ3v) is 14.8. The van der Waals surface area contributed by atoms with Gasteiger partial charge in [-0.15, -0.1) is 0 Å². The Hall–Kier alpha value is -4.83. The van der Waals surface area contributed by atoms with Crippen molar-refractivity contribution < 1.29 is 37.1 Å². The number of likely N-dealkylation sites (tertiary alicyclic amines) is 2.